The maximum Gasteiger partial charge on any atom is 0.481 e. The molecule has 3 heterocycles. The van der Waals surface area contributed by atoms with Gasteiger partial charge in [-0.1, -0.05) is 85.0 Å². The number of ketones is 1. The van der Waals surface area contributed by atoms with Crippen LogP contribution in [0.3, 0.4) is 0 Å². The summed E-state index contributed by atoms with van der Waals surface area (Å²) in [5.74, 6) is -0.303. The molecule has 29 heteroatoms. The van der Waals surface area contributed by atoms with E-state index < -0.39 is 78.6 Å². The van der Waals surface area contributed by atoms with Gasteiger partial charge in [-0.3, -0.25) is 32.5 Å². The first-order valence-electron chi connectivity index (χ1n) is 21.0. The van der Waals surface area contributed by atoms with E-state index in [-0.39, 0.29) is 71.2 Å². The molecule has 1 saturated heterocycles. The van der Waals surface area contributed by atoms with Crippen LogP contribution in [0.25, 0.3) is 11.2 Å². The number of carbonyl (C=O) groups excluding carboxylic acids is 3. The molecule has 2 aromatic heterocycles. The van der Waals surface area contributed by atoms with E-state index in [9.17, 15) is 57.9 Å². The van der Waals surface area contributed by atoms with Crippen molar-refractivity contribution in [1.82, 2.24) is 30.2 Å². The molecule has 1 aliphatic rings. The molecule has 1 fully saturated rings. The molecule has 10 N–H and O–H groups in total. The van der Waals surface area contributed by atoms with Gasteiger partial charge in [0, 0.05) is 66.7 Å². The quantitative estimate of drug-likeness (QED) is 0.0282. The van der Waals surface area contributed by atoms with Crippen molar-refractivity contribution in [2.24, 2.45) is 5.41 Å². The number of Topliss-reactive ketones (excluding diaryl/α,β-unsaturated/α-hetero) is 1. The fourth-order valence-corrected chi connectivity index (χ4v) is 10.0. The molecule has 2 amide bonds. The number of aliphatic hydroxyl groups is 2. The molecule has 6 unspecified atom stereocenters. The molecule has 0 saturated carbocycles. The zero-order valence-electron chi connectivity index (χ0n) is 37.3. The van der Waals surface area contributed by atoms with Crippen LogP contribution in [0.15, 0.2) is 12.7 Å². The van der Waals surface area contributed by atoms with E-state index in [1.54, 1.807) is 0 Å². The Kier molecular flexibility index (Phi) is 26.5. The number of thioether (sulfide) groups is 1. The Balaban J connectivity index is 0.0000145. The van der Waals surface area contributed by atoms with Crippen molar-refractivity contribution in [2.75, 3.05) is 43.5 Å². The Labute approximate surface area is 404 Å². The standard InChI is InChI=1S/C36H64N7O17P3S.Na/c1-4-5-6-7-8-9-10-11-12-13-14-15-25(44)21-64-19-18-38-27(45)16-17-39-34(48)31(47)36(2,3)22-57-63(54,55)60-62(52,53)56-20-26-30(59-61(49,50)51)29(46)35(58-26)43-24-42-28-32(37)40-23-41-33(28)43;/h23-24,26,29-31,35,46-47H,4-22H2,1-3H3,(H,38,45)(H,39,48)(H,52,53)(H,54,55)(H2,37,40,41)(H2,49,50,51);/t26?,29?,30?,31-,35?;/m1./s1. The molecule has 7 atom stereocenters. The number of hydrogen-bond acceptors (Lipinski definition) is 18. The third kappa shape index (κ3) is 21.8. The number of amides is 2. The van der Waals surface area contributed by atoms with Crippen molar-refractivity contribution < 1.29 is 80.5 Å². The van der Waals surface area contributed by atoms with E-state index in [0.717, 1.165) is 36.5 Å². The summed E-state index contributed by atoms with van der Waals surface area (Å²) < 4.78 is 62.4. The van der Waals surface area contributed by atoms with Crippen molar-refractivity contribution in [1.29, 1.82) is 0 Å². The first kappa shape index (κ1) is 59.7. The minimum Gasteiger partial charge on any atom is -0.386 e. The summed E-state index contributed by atoms with van der Waals surface area (Å²) >= 11 is 1.43. The molecule has 1 radical (unpaired) electrons. The molecular weight excluding hydrogens is 950 g/mol. The number of rotatable bonds is 33. The minimum atomic E-state index is -5.57. The topological polar surface area (TPSA) is 364 Å². The van der Waals surface area contributed by atoms with Crippen LogP contribution < -0.4 is 16.4 Å². The second-order valence-electron chi connectivity index (χ2n) is 15.9. The first-order valence-corrected chi connectivity index (χ1v) is 26.7. The second kappa shape index (κ2) is 28.9. The number of nitrogen functional groups attached to an aromatic ring is 1. The summed E-state index contributed by atoms with van der Waals surface area (Å²) in [6.07, 6.45) is 7.05. The predicted molar refractivity (Wildman–Crippen MR) is 239 cm³/mol. The molecule has 1 aliphatic heterocycles. The molecule has 24 nitrogen and oxygen atoms in total. The Bertz CT molecular complexity index is 1950. The van der Waals surface area contributed by atoms with E-state index in [4.69, 9.17) is 19.5 Å². The first-order chi connectivity index (χ1) is 30.1. The molecule has 0 spiro atoms. The molecule has 0 aliphatic carbocycles. The maximum atomic E-state index is 12.7. The van der Waals surface area contributed by atoms with Crippen molar-refractivity contribution in [3.63, 3.8) is 0 Å². The molecule has 0 aromatic carbocycles. The van der Waals surface area contributed by atoms with Gasteiger partial charge in [0.05, 0.1) is 25.3 Å². The van der Waals surface area contributed by atoms with Crippen LogP contribution in [0.4, 0.5) is 5.82 Å². The fourth-order valence-electron chi connectivity index (χ4n) is 6.45. The smallest absolute Gasteiger partial charge is 0.386 e. The molecular formula is C36H64N7NaO17P3S. The van der Waals surface area contributed by atoms with E-state index >= 15 is 0 Å². The number of fused-ring (bicyclic) bond motifs is 1. The molecule has 367 valence electrons. The van der Waals surface area contributed by atoms with Gasteiger partial charge in [-0.15, -0.1) is 0 Å². The third-order valence-corrected chi connectivity index (χ3v) is 14.1. The number of carbonyl (C=O) groups is 3. The number of phosphoric ester groups is 3. The number of nitrogens with two attached hydrogens (primary N) is 1. The van der Waals surface area contributed by atoms with Crippen LogP contribution in [0, 0.1) is 5.41 Å². The number of unbranched alkanes of at least 4 members (excludes halogenated alkanes) is 10. The van der Waals surface area contributed by atoms with Gasteiger partial charge in [-0.25, -0.2) is 28.6 Å². The average Bonchev–Trinajstić information content (AvgIpc) is 3.77. The Morgan fingerprint density at radius 1 is 0.908 bits per heavy atom. The number of nitrogens with zero attached hydrogens (tertiary/aromatic N) is 4. The van der Waals surface area contributed by atoms with Crippen LogP contribution in [-0.4, -0.2) is 159 Å². The number of imidazole rings is 1. The Hall–Kier alpha value is -1.44. The minimum absolute atomic E-state index is 0. The van der Waals surface area contributed by atoms with Gasteiger partial charge in [-0.05, 0) is 6.42 Å². The number of phosphoric acid groups is 3. The van der Waals surface area contributed by atoms with Crippen molar-refractivity contribution in [3.05, 3.63) is 12.7 Å². The Morgan fingerprint density at radius 2 is 1.52 bits per heavy atom. The summed E-state index contributed by atoms with van der Waals surface area (Å²) in [6, 6.07) is 0. The van der Waals surface area contributed by atoms with E-state index in [1.807, 2.05) is 0 Å². The second-order valence-corrected chi connectivity index (χ2v) is 21.3. The van der Waals surface area contributed by atoms with E-state index in [1.165, 1.54) is 77.0 Å². The van der Waals surface area contributed by atoms with Crippen LogP contribution in [0.2, 0.25) is 0 Å². The number of aliphatic hydroxyl groups excluding tert-OH is 2. The SMILES string of the molecule is CCCCCCCCCCCCCC(=O)CSCCNC(=O)CCNC(=O)[C@@H](O)C(C)(C)COP(=O)(O)OP(=O)(O)OCC1OC(n2cnc3c(N)ncnc32)C(O)C1OP(=O)(O)O.[Na]. The van der Waals surface area contributed by atoms with Crippen molar-refractivity contribution in [3.8, 4) is 0 Å². The fraction of sp³-hybridized carbons (Fsp3) is 0.778. The predicted octanol–water partition coefficient (Wildman–Crippen LogP) is 3.03. The van der Waals surface area contributed by atoms with Crippen molar-refractivity contribution in [2.45, 2.75) is 135 Å². The normalized spacial score (nSPS) is 20.1. The monoisotopic (exact) mass is 1010 g/mol. The van der Waals surface area contributed by atoms with Gasteiger partial charge < -0.3 is 50.9 Å². The van der Waals surface area contributed by atoms with Crippen LogP contribution in [-0.2, 0) is 50.7 Å². The summed E-state index contributed by atoms with van der Waals surface area (Å²) in [7, 11) is -16.4. The van der Waals surface area contributed by atoms with E-state index in [2.05, 4.69) is 41.3 Å². The average molecular weight is 1010 g/mol. The van der Waals surface area contributed by atoms with Gasteiger partial charge in [0.2, 0.25) is 11.8 Å². The van der Waals surface area contributed by atoms with Gasteiger partial charge in [0.25, 0.3) is 0 Å². The summed E-state index contributed by atoms with van der Waals surface area (Å²) in [6.45, 7) is 2.89. The Morgan fingerprint density at radius 3 is 2.15 bits per heavy atom. The summed E-state index contributed by atoms with van der Waals surface area (Å²) in [5.41, 5.74) is 4.29. The summed E-state index contributed by atoms with van der Waals surface area (Å²) in [5, 5.41) is 26.6. The van der Waals surface area contributed by atoms with Gasteiger partial charge in [0.1, 0.15) is 42.0 Å². The third-order valence-electron chi connectivity index (χ3n) is 9.97. The van der Waals surface area contributed by atoms with Crippen LogP contribution in [0.1, 0.15) is 110 Å². The van der Waals surface area contributed by atoms with E-state index in [0.29, 0.717) is 24.5 Å². The summed E-state index contributed by atoms with van der Waals surface area (Å²) in [4.78, 5) is 88.2. The number of nitrogens with one attached hydrogen (secondary N) is 2. The number of hydrogen-bond donors (Lipinski definition) is 9. The molecule has 3 rings (SSSR count). The maximum absolute atomic E-state index is 12.7. The van der Waals surface area contributed by atoms with Gasteiger partial charge in [-0.2, -0.15) is 16.1 Å². The number of aromatic nitrogens is 4. The number of anilines is 1. The zero-order valence-corrected chi connectivity index (χ0v) is 42.8. The largest absolute Gasteiger partial charge is 0.481 e. The molecule has 0 bridgehead atoms. The van der Waals surface area contributed by atoms with Crippen molar-refractivity contribution >= 4 is 99.4 Å². The van der Waals surface area contributed by atoms with Crippen LogP contribution >= 0.6 is 35.2 Å². The zero-order chi connectivity index (χ0) is 47.6. The van der Waals surface area contributed by atoms with Gasteiger partial charge >= 0.3 is 23.5 Å². The molecule has 65 heavy (non-hydrogen) atoms. The number of ether oxygens (including phenoxy) is 1. The molecule has 2 aromatic rings. The van der Waals surface area contributed by atoms with Gasteiger partial charge in [0.15, 0.2) is 17.7 Å². The van der Waals surface area contributed by atoms with Crippen LogP contribution in [0.5, 0.6) is 0 Å².